The maximum Gasteiger partial charge on any atom is 0.294 e. The average Bonchev–Trinajstić information content (AvgIpc) is 2.42. The van der Waals surface area contributed by atoms with Gasteiger partial charge in [-0.25, -0.2) is 0 Å². The lowest BCUT2D eigenvalue weighted by molar-refractivity contribution is 0.323. The zero-order chi connectivity index (χ0) is 15.4. The van der Waals surface area contributed by atoms with Gasteiger partial charge in [-0.1, -0.05) is 23.8 Å². The van der Waals surface area contributed by atoms with Gasteiger partial charge in [0.15, 0.2) is 0 Å². The molecule has 6 nitrogen and oxygen atoms in total. The lowest BCUT2D eigenvalue weighted by atomic mass is 10.2. The Labute approximate surface area is 118 Å². The Morgan fingerprint density at radius 1 is 1.10 bits per heavy atom. The van der Waals surface area contributed by atoms with Crippen LogP contribution in [-0.2, 0) is 10.1 Å². The molecule has 0 saturated carbocycles. The van der Waals surface area contributed by atoms with Crippen molar-refractivity contribution in [3.63, 3.8) is 0 Å². The third-order valence-corrected chi connectivity index (χ3v) is 2.75. The van der Waals surface area contributed by atoms with E-state index in [1.807, 2.05) is 25.1 Å². The van der Waals surface area contributed by atoms with Crippen molar-refractivity contribution in [2.75, 3.05) is 0 Å². The van der Waals surface area contributed by atoms with Gasteiger partial charge in [0.2, 0.25) is 0 Å². The van der Waals surface area contributed by atoms with E-state index >= 15 is 0 Å². The molecule has 0 atom stereocenters. The second kappa shape index (κ2) is 9.65. The van der Waals surface area contributed by atoms with Crippen LogP contribution in [0.2, 0.25) is 0 Å². The normalized spacial score (nSPS) is 9.30. The molecule has 0 aliphatic carbocycles. The van der Waals surface area contributed by atoms with E-state index in [-0.39, 0.29) is 4.90 Å². The van der Waals surface area contributed by atoms with E-state index in [0.717, 1.165) is 5.56 Å². The van der Waals surface area contributed by atoms with Crippen LogP contribution in [-0.4, -0.2) is 29.9 Å². The van der Waals surface area contributed by atoms with E-state index in [4.69, 9.17) is 9.76 Å². The van der Waals surface area contributed by atoms with Crippen LogP contribution in [0.25, 0.3) is 0 Å². The molecule has 0 amide bonds. The Morgan fingerprint density at radius 2 is 1.55 bits per heavy atom. The van der Waals surface area contributed by atoms with Crippen molar-refractivity contribution in [1.82, 2.24) is 4.98 Å². The van der Waals surface area contributed by atoms with Crippen molar-refractivity contribution in [1.29, 1.82) is 0 Å². The summed E-state index contributed by atoms with van der Waals surface area (Å²) in [7, 11) is -4.02. The summed E-state index contributed by atoms with van der Waals surface area (Å²) in [4.78, 5) is 3.72. The number of nitrogens with zero attached hydrogens (tertiary/aromatic N) is 2. The maximum absolute atomic E-state index is 10.5. The molecule has 0 spiro atoms. The Bertz CT molecular complexity index is 557. The van der Waals surface area contributed by atoms with Crippen LogP contribution in [0, 0.1) is 6.92 Å². The Hall–Kier alpha value is -2.25. The summed E-state index contributed by atoms with van der Waals surface area (Å²) in [6.45, 7) is 4.51. The first-order valence-corrected chi connectivity index (χ1v) is 6.85. The van der Waals surface area contributed by atoms with Crippen LogP contribution in [0.15, 0.2) is 64.9 Å². The molecule has 0 fully saturated rings. The molecule has 2 aromatic rings. The van der Waals surface area contributed by atoms with Gasteiger partial charge in [-0.2, -0.15) is 8.42 Å². The molecular formula is C13H16N2O4S. The molecule has 1 aromatic heterocycles. The minimum absolute atomic E-state index is 0.0666. The first kappa shape index (κ1) is 17.8. The fourth-order valence-electron chi connectivity index (χ4n) is 1.02. The molecule has 0 unspecified atom stereocenters. The monoisotopic (exact) mass is 296 g/mol. The van der Waals surface area contributed by atoms with E-state index in [2.05, 4.69) is 16.9 Å². The lowest BCUT2D eigenvalue weighted by Crippen LogP contribution is -1.96. The number of hydrogen-bond acceptors (Lipinski definition) is 5. The number of benzene rings is 1. The van der Waals surface area contributed by atoms with Crippen LogP contribution >= 0.6 is 0 Å². The first-order valence-electron chi connectivity index (χ1n) is 5.41. The van der Waals surface area contributed by atoms with Gasteiger partial charge >= 0.3 is 0 Å². The van der Waals surface area contributed by atoms with Crippen molar-refractivity contribution in [2.45, 2.75) is 11.8 Å². The molecule has 7 heteroatoms. The number of rotatable bonds is 1. The highest BCUT2D eigenvalue weighted by molar-refractivity contribution is 7.85. The molecule has 1 aromatic carbocycles. The third kappa shape index (κ3) is 8.78. The number of aryl methyl sites for hydroxylation is 1. The fourth-order valence-corrected chi connectivity index (χ4v) is 1.50. The van der Waals surface area contributed by atoms with Crippen LogP contribution in [0.5, 0.6) is 0 Å². The highest BCUT2D eigenvalue weighted by Crippen LogP contribution is 2.08. The molecule has 2 N–H and O–H groups in total. The molecule has 0 aliphatic heterocycles. The van der Waals surface area contributed by atoms with E-state index in [1.54, 1.807) is 24.5 Å². The van der Waals surface area contributed by atoms with E-state index in [9.17, 15) is 8.42 Å². The number of hydrogen-bond donors (Lipinski definition) is 2. The van der Waals surface area contributed by atoms with Crippen LogP contribution in [0.4, 0.5) is 0 Å². The van der Waals surface area contributed by atoms with Crippen molar-refractivity contribution >= 4 is 16.8 Å². The van der Waals surface area contributed by atoms with Gasteiger partial charge < -0.3 is 5.21 Å². The predicted octanol–water partition coefficient (Wildman–Crippen LogP) is 2.40. The Morgan fingerprint density at radius 3 is 1.80 bits per heavy atom. The number of pyridine rings is 1. The fraction of sp³-hybridized carbons (Fsp3) is 0.0769. The minimum atomic E-state index is -4.02. The summed E-state index contributed by atoms with van der Waals surface area (Å²) in [5, 5.41) is 9.33. The standard InChI is InChI=1S/C7H8O3S.C5H5N.CH3NO/c1-6-2-4-7(5-3-6)11(8,9)10;1-2-4-6-5-3-1;1-2-3/h2-5H,1H3,(H,8,9,10);1-5H;3H,1H2. The summed E-state index contributed by atoms with van der Waals surface area (Å²) in [5.41, 5.74) is 0.956. The quantitative estimate of drug-likeness (QED) is 0.364. The molecule has 108 valence electrons. The summed E-state index contributed by atoms with van der Waals surface area (Å²) >= 11 is 0. The van der Waals surface area contributed by atoms with Crippen LogP contribution in [0.1, 0.15) is 5.56 Å². The Balaban J connectivity index is 0.000000336. The lowest BCUT2D eigenvalue weighted by Gasteiger charge is -1.95. The molecule has 20 heavy (non-hydrogen) atoms. The van der Waals surface area contributed by atoms with Gasteiger partial charge in [0.1, 0.15) is 0 Å². The summed E-state index contributed by atoms with van der Waals surface area (Å²) in [6, 6.07) is 11.7. The van der Waals surface area contributed by atoms with Crippen molar-refractivity contribution in [3.8, 4) is 0 Å². The van der Waals surface area contributed by atoms with E-state index < -0.39 is 10.1 Å². The number of aromatic nitrogens is 1. The smallest absolute Gasteiger partial charge is 0.294 e. The van der Waals surface area contributed by atoms with Gasteiger partial charge in [-0.05, 0) is 31.2 Å². The summed E-state index contributed by atoms with van der Waals surface area (Å²) < 4.78 is 29.6. The van der Waals surface area contributed by atoms with Crippen LogP contribution in [0.3, 0.4) is 0 Å². The molecule has 1 heterocycles. The molecule has 2 rings (SSSR count). The van der Waals surface area contributed by atoms with Gasteiger partial charge in [0.25, 0.3) is 10.1 Å². The highest BCUT2D eigenvalue weighted by Gasteiger charge is 2.06. The summed E-state index contributed by atoms with van der Waals surface area (Å²) in [6.07, 6.45) is 3.50. The highest BCUT2D eigenvalue weighted by atomic mass is 32.2. The molecular weight excluding hydrogens is 280 g/mol. The third-order valence-electron chi connectivity index (χ3n) is 1.89. The minimum Gasteiger partial charge on any atom is -0.411 e. The molecule has 0 aliphatic rings. The van der Waals surface area contributed by atoms with Crippen LogP contribution < -0.4 is 0 Å². The zero-order valence-corrected chi connectivity index (χ0v) is 11.7. The predicted molar refractivity (Wildman–Crippen MR) is 76.6 cm³/mol. The molecule has 0 radical (unpaired) electrons. The van der Waals surface area contributed by atoms with Gasteiger partial charge in [-0.15, -0.1) is 5.16 Å². The van der Waals surface area contributed by atoms with Gasteiger partial charge in [0.05, 0.1) is 4.90 Å². The zero-order valence-electron chi connectivity index (χ0n) is 10.9. The SMILES string of the molecule is C=NO.Cc1ccc(S(=O)(=O)O)cc1.c1ccncc1. The van der Waals surface area contributed by atoms with Crippen molar-refractivity contribution in [2.24, 2.45) is 5.16 Å². The Kier molecular flexibility index (Phi) is 8.56. The second-order valence-electron chi connectivity index (χ2n) is 3.45. The molecule has 0 bridgehead atoms. The summed E-state index contributed by atoms with van der Waals surface area (Å²) in [5.74, 6) is 0. The van der Waals surface area contributed by atoms with Crippen molar-refractivity contribution < 1.29 is 18.2 Å². The average molecular weight is 296 g/mol. The maximum atomic E-state index is 10.5. The molecule has 0 saturated heterocycles. The van der Waals surface area contributed by atoms with E-state index in [0.29, 0.717) is 0 Å². The topological polar surface area (TPSA) is 99.9 Å². The van der Waals surface area contributed by atoms with Gasteiger partial charge in [-0.3, -0.25) is 9.54 Å². The number of oxime groups is 1. The van der Waals surface area contributed by atoms with E-state index in [1.165, 1.54) is 12.1 Å². The first-order chi connectivity index (χ1) is 9.41. The van der Waals surface area contributed by atoms with Gasteiger partial charge in [0, 0.05) is 19.1 Å². The van der Waals surface area contributed by atoms with Crippen molar-refractivity contribution in [3.05, 3.63) is 60.4 Å². The second-order valence-corrected chi connectivity index (χ2v) is 4.88. The largest absolute Gasteiger partial charge is 0.411 e.